The molecule has 1 aromatic carbocycles. The van der Waals surface area contributed by atoms with E-state index >= 15 is 0 Å². The van der Waals surface area contributed by atoms with Crippen molar-refractivity contribution in [3.63, 3.8) is 0 Å². The molecule has 25 heavy (non-hydrogen) atoms. The highest BCUT2D eigenvalue weighted by Crippen LogP contribution is 2.23. The van der Waals surface area contributed by atoms with Crippen LogP contribution in [0.3, 0.4) is 0 Å². The van der Waals surface area contributed by atoms with E-state index in [0.717, 1.165) is 50.9 Å². The molecule has 2 heterocycles. The highest BCUT2D eigenvalue weighted by molar-refractivity contribution is 5.79. The van der Waals surface area contributed by atoms with Crippen molar-refractivity contribution in [2.75, 3.05) is 19.6 Å². The van der Waals surface area contributed by atoms with Crippen molar-refractivity contribution in [3.05, 3.63) is 34.9 Å². The zero-order valence-electron chi connectivity index (χ0n) is 15.6. The zero-order chi connectivity index (χ0) is 17.8. The minimum Gasteiger partial charge on any atom is -0.343 e. The molecule has 4 nitrogen and oxygen atoms in total. The van der Waals surface area contributed by atoms with Gasteiger partial charge >= 0.3 is 0 Å². The van der Waals surface area contributed by atoms with Gasteiger partial charge in [-0.2, -0.15) is 0 Å². The van der Waals surface area contributed by atoms with E-state index in [1.165, 1.54) is 17.5 Å². The Morgan fingerprint density at radius 2 is 1.96 bits per heavy atom. The first-order chi connectivity index (χ1) is 12.0. The average Bonchev–Trinajstić information content (AvgIpc) is 3.01. The molecule has 3 rings (SSSR count). The van der Waals surface area contributed by atoms with Gasteiger partial charge in [0.05, 0.1) is 6.42 Å². The van der Waals surface area contributed by atoms with E-state index in [1.807, 2.05) is 4.90 Å². The third kappa shape index (κ3) is 4.42. The van der Waals surface area contributed by atoms with Crippen LogP contribution < -0.4 is 0 Å². The molecular weight excluding hydrogens is 312 g/mol. The maximum absolute atomic E-state index is 12.9. The molecule has 0 unspecified atom stereocenters. The number of benzene rings is 1. The van der Waals surface area contributed by atoms with Crippen LogP contribution in [-0.2, 0) is 16.0 Å². The number of aryl methyl sites for hydroxylation is 2. The minimum atomic E-state index is 0.237. The Balaban J connectivity index is 1.60. The number of likely N-dealkylation sites (tertiary alicyclic amines) is 2. The SMILES string of the molecule is Cc1ccc(CC(=O)N2CCCC[C@H]2CCN2CCCC2=O)cc1C. The van der Waals surface area contributed by atoms with E-state index < -0.39 is 0 Å². The van der Waals surface area contributed by atoms with Crippen LogP contribution in [0.5, 0.6) is 0 Å². The summed E-state index contributed by atoms with van der Waals surface area (Å²) in [5.74, 6) is 0.518. The molecule has 2 amide bonds. The van der Waals surface area contributed by atoms with Gasteiger partial charge < -0.3 is 9.80 Å². The van der Waals surface area contributed by atoms with Crippen molar-refractivity contribution in [2.45, 2.75) is 64.8 Å². The molecule has 0 bridgehead atoms. The molecule has 0 spiro atoms. The molecule has 136 valence electrons. The topological polar surface area (TPSA) is 40.6 Å². The quantitative estimate of drug-likeness (QED) is 0.824. The summed E-state index contributed by atoms with van der Waals surface area (Å²) in [5.41, 5.74) is 3.61. The number of hydrogen-bond donors (Lipinski definition) is 0. The van der Waals surface area contributed by atoms with Gasteiger partial charge in [0.25, 0.3) is 0 Å². The molecule has 0 saturated carbocycles. The lowest BCUT2D eigenvalue weighted by molar-refractivity contribution is -0.134. The predicted octanol–water partition coefficient (Wildman–Crippen LogP) is 3.24. The lowest BCUT2D eigenvalue weighted by Crippen LogP contribution is -2.46. The number of amides is 2. The second-order valence-corrected chi connectivity index (χ2v) is 7.61. The Kier molecular flexibility index (Phi) is 5.77. The summed E-state index contributed by atoms with van der Waals surface area (Å²) < 4.78 is 0. The van der Waals surface area contributed by atoms with Crippen LogP contribution in [0.4, 0.5) is 0 Å². The molecule has 2 saturated heterocycles. The van der Waals surface area contributed by atoms with E-state index in [4.69, 9.17) is 0 Å². The smallest absolute Gasteiger partial charge is 0.227 e. The standard InChI is InChI=1S/C21H30N2O2/c1-16-8-9-18(14-17(16)2)15-21(25)23-12-4-3-6-19(23)10-13-22-11-5-7-20(22)24/h8-9,14,19H,3-7,10-13,15H2,1-2H3/t19-/m0/s1. The molecule has 0 radical (unpaired) electrons. The second-order valence-electron chi connectivity index (χ2n) is 7.61. The molecule has 2 fully saturated rings. The Labute approximate surface area is 151 Å². The maximum atomic E-state index is 12.9. The molecule has 0 aliphatic carbocycles. The molecular formula is C21H30N2O2. The number of rotatable bonds is 5. The van der Waals surface area contributed by atoms with Crippen molar-refractivity contribution in [3.8, 4) is 0 Å². The highest BCUT2D eigenvalue weighted by atomic mass is 16.2. The van der Waals surface area contributed by atoms with E-state index in [-0.39, 0.29) is 11.8 Å². The summed E-state index contributed by atoms with van der Waals surface area (Å²) in [5, 5.41) is 0. The molecule has 1 atom stereocenters. The lowest BCUT2D eigenvalue weighted by atomic mass is 9.97. The Morgan fingerprint density at radius 3 is 2.68 bits per heavy atom. The van der Waals surface area contributed by atoms with Crippen LogP contribution in [0.1, 0.15) is 55.2 Å². The van der Waals surface area contributed by atoms with Gasteiger partial charge in [-0.15, -0.1) is 0 Å². The highest BCUT2D eigenvalue weighted by Gasteiger charge is 2.28. The minimum absolute atomic E-state index is 0.237. The van der Waals surface area contributed by atoms with Crippen molar-refractivity contribution in [1.82, 2.24) is 9.80 Å². The number of hydrogen-bond acceptors (Lipinski definition) is 2. The zero-order valence-corrected chi connectivity index (χ0v) is 15.6. The average molecular weight is 342 g/mol. The maximum Gasteiger partial charge on any atom is 0.227 e. The van der Waals surface area contributed by atoms with Crippen LogP contribution in [0.15, 0.2) is 18.2 Å². The fourth-order valence-electron chi connectivity index (χ4n) is 4.06. The second kappa shape index (κ2) is 8.03. The van der Waals surface area contributed by atoms with Crippen molar-refractivity contribution < 1.29 is 9.59 Å². The summed E-state index contributed by atoms with van der Waals surface area (Å²) in [7, 11) is 0. The molecule has 4 heteroatoms. The van der Waals surface area contributed by atoms with Crippen LogP contribution in [0.25, 0.3) is 0 Å². The van der Waals surface area contributed by atoms with Gasteiger partial charge in [-0.3, -0.25) is 9.59 Å². The number of carbonyl (C=O) groups excluding carboxylic acids is 2. The van der Waals surface area contributed by atoms with Crippen molar-refractivity contribution >= 4 is 11.8 Å². The molecule has 2 aliphatic heterocycles. The number of piperidine rings is 1. The Morgan fingerprint density at radius 1 is 1.12 bits per heavy atom. The van der Waals surface area contributed by atoms with Gasteiger partial charge in [0, 0.05) is 32.1 Å². The lowest BCUT2D eigenvalue weighted by Gasteiger charge is -2.37. The van der Waals surface area contributed by atoms with Crippen LogP contribution in [-0.4, -0.2) is 47.3 Å². The van der Waals surface area contributed by atoms with E-state index in [0.29, 0.717) is 18.9 Å². The Hall–Kier alpha value is -1.84. The monoisotopic (exact) mass is 342 g/mol. The summed E-state index contributed by atoms with van der Waals surface area (Å²) in [6.45, 7) is 6.75. The van der Waals surface area contributed by atoms with E-state index in [1.54, 1.807) is 0 Å². The first kappa shape index (κ1) is 18.0. The number of carbonyl (C=O) groups is 2. The van der Waals surface area contributed by atoms with Gasteiger partial charge in [0.1, 0.15) is 0 Å². The first-order valence-electron chi connectivity index (χ1n) is 9.68. The summed E-state index contributed by atoms with van der Waals surface area (Å²) in [6, 6.07) is 6.60. The van der Waals surface area contributed by atoms with Crippen LogP contribution in [0, 0.1) is 13.8 Å². The molecule has 2 aliphatic rings. The molecule has 0 aromatic heterocycles. The largest absolute Gasteiger partial charge is 0.343 e. The van der Waals surface area contributed by atoms with Gasteiger partial charge in [-0.25, -0.2) is 0 Å². The summed E-state index contributed by atoms with van der Waals surface area (Å²) >= 11 is 0. The third-order valence-corrected chi connectivity index (χ3v) is 5.78. The molecule has 0 N–H and O–H groups in total. The fourth-order valence-corrected chi connectivity index (χ4v) is 4.06. The van der Waals surface area contributed by atoms with Crippen LogP contribution in [0.2, 0.25) is 0 Å². The van der Waals surface area contributed by atoms with Gasteiger partial charge in [-0.1, -0.05) is 18.2 Å². The summed E-state index contributed by atoms with van der Waals surface area (Å²) in [6.07, 6.45) is 6.44. The third-order valence-electron chi connectivity index (χ3n) is 5.78. The van der Waals surface area contributed by atoms with Gasteiger partial charge in [-0.05, 0) is 62.6 Å². The van der Waals surface area contributed by atoms with Gasteiger partial charge in [0.15, 0.2) is 0 Å². The van der Waals surface area contributed by atoms with Gasteiger partial charge in [0.2, 0.25) is 11.8 Å². The first-order valence-corrected chi connectivity index (χ1v) is 9.68. The summed E-state index contributed by atoms with van der Waals surface area (Å²) in [4.78, 5) is 28.7. The van der Waals surface area contributed by atoms with Crippen molar-refractivity contribution in [1.29, 1.82) is 0 Å². The predicted molar refractivity (Wildman–Crippen MR) is 99.4 cm³/mol. The van der Waals surface area contributed by atoms with Crippen LogP contribution >= 0.6 is 0 Å². The normalized spacial score (nSPS) is 21.0. The van der Waals surface area contributed by atoms with Crippen molar-refractivity contribution in [2.24, 2.45) is 0 Å². The van der Waals surface area contributed by atoms with E-state index in [2.05, 4.69) is 36.9 Å². The number of nitrogens with zero attached hydrogens (tertiary/aromatic N) is 2. The van der Waals surface area contributed by atoms with E-state index in [9.17, 15) is 9.59 Å². The fraction of sp³-hybridized carbons (Fsp3) is 0.619. The molecule has 1 aromatic rings. The Bertz CT molecular complexity index is 641.